The van der Waals surface area contributed by atoms with Gasteiger partial charge in [-0.15, -0.1) is 12.4 Å². The second-order valence-electron chi connectivity index (χ2n) is 7.52. The Morgan fingerprint density at radius 1 is 0.968 bits per heavy atom. The Balaban J connectivity index is 0.00000272. The Hall–Kier alpha value is -2.12. The topological polar surface area (TPSA) is 53.0 Å². The average Bonchev–Trinajstić information content (AvgIpc) is 2.79. The second-order valence-corrected chi connectivity index (χ2v) is 8.32. The van der Waals surface area contributed by atoms with E-state index in [4.69, 9.17) is 4.74 Å². The van der Waals surface area contributed by atoms with E-state index in [9.17, 15) is 9.90 Å². The maximum Gasteiger partial charge on any atom is 0.253 e. The van der Waals surface area contributed by atoms with E-state index in [0.29, 0.717) is 19.6 Å². The van der Waals surface area contributed by atoms with Crippen LogP contribution in [0.1, 0.15) is 10.4 Å². The average molecular weight is 506 g/mol. The number of ether oxygens (including phenoxy) is 1. The molecule has 164 valence electrons. The number of aliphatic hydroxyl groups excluding tert-OH is 1. The van der Waals surface area contributed by atoms with E-state index in [-0.39, 0.29) is 24.9 Å². The van der Waals surface area contributed by atoms with Gasteiger partial charge in [0.25, 0.3) is 5.91 Å². The predicted octanol–water partition coefficient (Wildman–Crippen LogP) is 4.22. The van der Waals surface area contributed by atoms with Gasteiger partial charge >= 0.3 is 0 Å². The maximum atomic E-state index is 12.5. The van der Waals surface area contributed by atoms with Crippen molar-refractivity contribution in [2.24, 2.45) is 0 Å². The first kappa shape index (κ1) is 23.5. The maximum absolute atomic E-state index is 12.5. The van der Waals surface area contributed by atoms with Crippen LogP contribution in [-0.2, 0) is 0 Å². The number of fused-ring (bicyclic) bond motifs is 1. The number of nitrogens with zero attached hydrogens (tertiary/aromatic N) is 2. The molecule has 1 heterocycles. The van der Waals surface area contributed by atoms with Gasteiger partial charge in [-0.05, 0) is 44.9 Å². The zero-order chi connectivity index (χ0) is 20.9. The molecule has 7 heteroatoms. The summed E-state index contributed by atoms with van der Waals surface area (Å²) in [5.74, 6) is 0.798. The Morgan fingerprint density at radius 2 is 1.65 bits per heavy atom. The van der Waals surface area contributed by atoms with Crippen LogP contribution < -0.4 is 4.74 Å². The number of rotatable bonds is 6. The normalized spacial score (nSPS) is 15.4. The molecular weight excluding hydrogens is 480 g/mol. The first-order chi connectivity index (χ1) is 14.6. The van der Waals surface area contributed by atoms with Gasteiger partial charge < -0.3 is 14.7 Å². The van der Waals surface area contributed by atoms with E-state index in [1.165, 1.54) is 0 Å². The van der Waals surface area contributed by atoms with Crippen molar-refractivity contribution in [3.05, 3.63) is 76.8 Å². The zero-order valence-corrected chi connectivity index (χ0v) is 19.5. The fourth-order valence-electron chi connectivity index (χ4n) is 3.76. The molecule has 1 saturated heterocycles. The van der Waals surface area contributed by atoms with E-state index in [0.717, 1.165) is 39.6 Å². The largest absolute Gasteiger partial charge is 0.490 e. The highest BCUT2D eigenvalue weighted by Crippen LogP contribution is 2.33. The molecule has 0 spiro atoms. The standard InChI is InChI=1S/C24H25BrN2O3.ClH/c25-23-21-9-5-4-6-18(21)10-11-22(23)30-17-20(28)16-26-12-14-27(15-13-26)24(29)19-7-2-1-3-8-19;/h1-11,20,28H,12-17H2;1H. The zero-order valence-electron chi connectivity index (χ0n) is 17.1. The van der Waals surface area contributed by atoms with Crippen LogP contribution >= 0.6 is 28.3 Å². The third kappa shape index (κ3) is 5.77. The van der Waals surface area contributed by atoms with Crippen LogP contribution in [0.4, 0.5) is 0 Å². The van der Waals surface area contributed by atoms with Crippen LogP contribution in [0.3, 0.4) is 0 Å². The lowest BCUT2D eigenvalue weighted by atomic mass is 10.1. The van der Waals surface area contributed by atoms with Crippen LogP contribution in [-0.4, -0.2) is 66.2 Å². The van der Waals surface area contributed by atoms with E-state index >= 15 is 0 Å². The number of halogens is 2. The highest BCUT2D eigenvalue weighted by molar-refractivity contribution is 9.10. The molecule has 3 aromatic carbocycles. The van der Waals surface area contributed by atoms with Gasteiger partial charge in [-0.2, -0.15) is 0 Å². The van der Waals surface area contributed by atoms with Crippen molar-refractivity contribution >= 4 is 45.0 Å². The smallest absolute Gasteiger partial charge is 0.253 e. The molecule has 0 saturated carbocycles. The molecule has 1 aliphatic rings. The summed E-state index contributed by atoms with van der Waals surface area (Å²) >= 11 is 3.62. The van der Waals surface area contributed by atoms with Crippen molar-refractivity contribution in [1.82, 2.24) is 9.80 Å². The van der Waals surface area contributed by atoms with E-state index < -0.39 is 6.10 Å². The van der Waals surface area contributed by atoms with Crippen molar-refractivity contribution in [2.75, 3.05) is 39.3 Å². The van der Waals surface area contributed by atoms with Crippen molar-refractivity contribution in [3.8, 4) is 5.75 Å². The Kier molecular flexibility index (Phi) is 8.32. The number of hydrogen-bond acceptors (Lipinski definition) is 4. The fourth-order valence-corrected chi connectivity index (χ4v) is 4.37. The summed E-state index contributed by atoms with van der Waals surface area (Å²) in [5.41, 5.74) is 0.723. The number of hydrogen-bond donors (Lipinski definition) is 1. The number of aliphatic hydroxyl groups is 1. The van der Waals surface area contributed by atoms with Crippen molar-refractivity contribution < 1.29 is 14.6 Å². The number of carbonyl (C=O) groups excluding carboxylic acids is 1. The second kappa shape index (κ2) is 11.0. The van der Waals surface area contributed by atoms with Gasteiger partial charge in [-0.1, -0.05) is 48.5 Å². The summed E-state index contributed by atoms with van der Waals surface area (Å²) in [6, 6.07) is 21.4. The molecule has 0 bridgehead atoms. The van der Waals surface area contributed by atoms with Crippen LogP contribution in [0.25, 0.3) is 10.8 Å². The van der Waals surface area contributed by atoms with Gasteiger partial charge in [-0.3, -0.25) is 9.69 Å². The van der Waals surface area contributed by atoms with E-state index in [1.807, 2.05) is 65.6 Å². The van der Waals surface area contributed by atoms with Crippen LogP contribution in [0, 0.1) is 0 Å². The molecule has 0 aromatic heterocycles. The quantitative estimate of drug-likeness (QED) is 0.545. The van der Waals surface area contributed by atoms with Gasteiger partial charge in [0.15, 0.2) is 0 Å². The molecule has 0 aliphatic carbocycles. The summed E-state index contributed by atoms with van der Waals surface area (Å²) in [7, 11) is 0. The Labute approximate surface area is 197 Å². The summed E-state index contributed by atoms with van der Waals surface area (Å²) in [6.45, 7) is 3.57. The molecule has 31 heavy (non-hydrogen) atoms. The molecule has 1 amide bonds. The van der Waals surface area contributed by atoms with Gasteiger partial charge in [0.05, 0.1) is 4.47 Å². The highest BCUT2D eigenvalue weighted by atomic mass is 79.9. The monoisotopic (exact) mass is 504 g/mol. The van der Waals surface area contributed by atoms with Gasteiger partial charge in [0.2, 0.25) is 0 Å². The third-order valence-corrected chi connectivity index (χ3v) is 6.23. The number of piperazine rings is 1. The molecule has 1 unspecified atom stereocenters. The van der Waals surface area contributed by atoms with Crippen LogP contribution in [0.15, 0.2) is 71.2 Å². The minimum atomic E-state index is -0.597. The number of carbonyl (C=O) groups is 1. The van der Waals surface area contributed by atoms with Crippen molar-refractivity contribution in [3.63, 3.8) is 0 Å². The van der Waals surface area contributed by atoms with Crippen molar-refractivity contribution in [2.45, 2.75) is 6.10 Å². The molecule has 1 atom stereocenters. The predicted molar refractivity (Wildman–Crippen MR) is 129 cm³/mol. The first-order valence-corrected chi connectivity index (χ1v) is 11.0. The van der Waals surface area contributed by atoms with Crippen molar-refractivity contribution in [1.29, 1.82) is 0 Å². The van der Waals surface area contributed by atoms with Gasteiger partial charge in [-0.25, -0.2) is 0 Å². The Bertz CT molecular complexity index is 1010. The summed E-state index contributed by atoms with van der Waals surface area (Å²) in [4.78, 5) is 16.6. The number of β-amino-alcohol motifs (C(OH)–C–C–N with tert-alkyl or cyclic N) is 1. The lowest BCUT2D eigenvalue weighted by molar-refractivity contribution is 0.0403. The molecular formula is C24H26BrClN2O3. The minimum Gasteiger partial charge on any atom is -0.490 e. The molecule has 1 N–H and O–H groups in total. The molecule has 1 aliphatic heterocycles. The van der Waals surface area contributed by atoms with Crippen LogP contribution in [0.5, 0.6) is 5.75 Å². The van der Waals surface area contributed by atoms with Crippen LogP contribution in [0.2, 0.25) is 0 Å². The first-order valence-electron chi connectivity index (χ1n) is 10.2. The molecule has 4 rings (SSSR count). The highest BCUT2D eigenvalue weighted by Gasteiger charge is 2.23. The fraction of sp³-hybridized carbons (Fsp3) is 0.292. The number of amides is 1. The van der Waals surface area contributed by atoms with Gasteiger partial charge in [0.1, 0.15) is 18.5 Å². The molecule has 3 aromatic rings. The lowest BCUT2D eigenvalue weighted by Gasteiger charge is -2.35. The van der Waals surface area contributed by atoms with Gasteiger partial charge in [0, 0.05) is 38.3 Å². The third-order valence-electron chi connectivity index (χ3n) is 5.41. The SMILES string of the molecule is Cl.O=C(c1ccccc1)N1CCN(CC(O)COc2ccc3ccccc3c2Br)CC1. The molecule has 5 nitrogen and oxygen atoms in total. The number of benzene rings is 3. The summed E-state index contributed by atoms with van der Waals surface area (Å²) < 4.78 is 6.78. The van der Waals surface area contributed by atoms with E-state index in [2.05, 4.69) is 26.9 Å². The summed E-state index contributed by atoms with van der Waals surface area (Å²) in [5, 5.41) is 12.7. The molecule has 0 radical (unpaired) electrons. The summed E-state index contributed by atoms with van der Waals surface area (Å²) in [6.07, 6.45) is -0.597. The Morgan fingerprint density at radius 3 is 2.39 bits per heavy atom. The lowest BCUT2D eigenvalue weighted by Crippen LogP contribution is -2.50. The molecule has 1 fully saturated rings. The van der Waals surface area contributed by atoms with E-state index in [1.54, 1.807) is 0 Å². The minimum absolute atomic E-state index is 0.